The minimum absolute atomic E-state index is 0.384. The monoisotopic (exact) mass is 253 g/mol. The Morgan fingerprint density at radius 1 is 1.53 bits per heavy atom. The summed E-state index contributed by atoms with van der Waals surface area (Å²) in [5.41, 5.74) is 6.37. The summed E-state index contributed by atoms with van der Waals surface area (Å²) in [6, 6.07) is 3.64. The van der Waals surface area contributed by atoms with Crippen molar-refractivity contribution < 1.29 is 4.74 Å². The number of rotatable bonds is 8. The van der Waals surface area contributed by atoms with E-state index >= 15 is 0 Å². The molecule has 0 aliphatic carbocycles. The summed E-state index contributed by atoms with van der Waals surface area (Å²) < 4.78 is 5.43. The fourth-order valence-corrected chi connectivity index (χ4v) is 1.41. The van der Waals surface area contributed by atoms with Crippen LogP contribution in [-0.2, 0) is 4.74 Å². The van der Waals surface area contributed by atoms with E-state index in [1.54, 1.807) is 12.3 Å². The van der Waals surface area contributed by atoms with Gasteiger partial charge in [-0.25, -0.2) is 4.98 Å². The van der Waals surface area contributed by atoms with Gasteiger partial charge in [-0.05, 0) is 18.6 Å². The Kier molecular flexibility index (Phi) is 6.50. The molecular weight excluding hydrogens is 234 g/mol. The highest BCUT2D eigenvalue weighted by Crippen LogP contribution is 2.06. The van der Waals surface area contributed by atoms with Gasteiger partial charge in [0.2, 0.25) is 0 Å². The second-order valence-corrected chi connectivity index (χ2v) is 4.13. The van der Waals surface area contributed by atoms with Crippen LogP contribution in [0, 0.1) is 0 Å². The average molecular weight is 253 g/mol. The van der Waals surface area contributed by atoms with E-state index in [4.69, 9.17) is 22.7 Å². The number of hydrogen-bond acceptors (Lipinski definition) is 4. The van der Waals surface area contributed by atoms with Crippen LogP contribution in [0.15, 0.2) is 18.3 Å². The molecule has 0 fully saturated rings. The molecule has 4 nitrogen and oxygen atoms in total. The second kappa shape index (κ2) is 7.97. The number of aromatic nitrogens is 1. The van der Waals surface area contributed by atoms with Crippen LogP contribution in [0.5, 0.6) is 0 Å². The summed E-state index contributed by atoms with van der Waals surface area (Å²) in [5.74, 6) is 0.773. The van der Waals surface area contributed by atoms with E-state index in [0.717, 1.165) is 37.4 Å². The molecule has 0 atom stereocenters. The van der Waals surface area contributed by atoms with Crippen molar-refractivity contribution in [3.8, 4) is 0 Å². The highest BCUT2D eigenvalue weighted by molar-refractivity contribution is 7.80. The molecule has 0 aliphatic rings. The van der Waals surface area contributed by atoms with E-state index in [1.807, 2.05) is 6.07 Å². The summed E-state index contributed by atoms with van der Waals surface area (Å²) in [5, 5.41) is 3.17. The number of thiocarbonyl (C=S) groups is 1. The van der Waals surface area contributed by atoms with Crippen LogP contribution in [0.3, 0.4) is 0 Å². The molecule has 0 saturated carbocycles. The van der Waals surface area contributed by atoms with Gasteiger partial charge in [0, 0.05) is 24.9 Å². The van der Waals surface area contributed by atoms with E-state index in [2.05, 4.69) is 17.2 Å². The average Bonchev–Trinajstić information content (AvgIpc) is 2.34. The first-order chi connectivity index (χ1) is 8.24. The van der Waals surface area contributed by atoms with Crippen LogP contribution in [-0.4, -0.2) is 29.7 Å². The smallest absolute Gasteiger partial charge is 0.126 e. The summed E-state index contributed by atoms with van der Waals surface area (Å²) >= 11 is 4.90. The van der Waals surface area contributed by atoms with Gasteiger partial charge in [0.15, 0.2) is 0 Å². The maximum absolute atomic E-state index is 5.54. The number of nitrogens with two attached hydrogens (primary N) is 1. The van der Waals surface area contributed by atoms with Crippen LogP contribution < -0.4 is 11.1 Å². The number of pyridine rings is 1. The van der Waals surface area contributed by atoms with Crippen LogP contribution >= 0.6 is 12.2 Å². The first kappa shape index (κ1) is 13.9. The number of ether oxygens (including phenoxy) is 1. The number of unbranched alkanes of at least 4 members (excludes halogenated alkanes) is 1. The molecule has 1 aromatic rings. The van der Waals surface area contributed by atoms with E-state index in [1.165, 1.54) is 0 Å². The zero-order chi connectivity index (χ0) is 12.5. The lowest BCUT2D eigenvalue weighted by atomic mass is 10.2. The third-order valence-electron chi connectivity index (χ3n) is 2.24. The lowest BCUT2D eigenvalue weighted by molar-refractivity contribution is 0.141. The summed E-state index contributed by atoms with van der Waals surface area (Å²) in [6.45, 7) is 4.38. The van der Waals surface area contributed by atoms with E-state index in [-0.39, 0.29) is 0 Å². The maximum atomic E-state index is 5.54. The van der Waals surface area contributed by atoms with E-state index in [0.29, 0.717) is 11.6 Å². The van der Waals surface area contributed by atoms with E-state index < -0.39 is 0 Å². The molecule has 1 heterocycles. The Bertz CT molecular complexity index is 357. The molecule has 17 heavy (non-hydrogen) atoms. The second-order valence-electron chi connectivity index (χ2n) is 3.69. The molecule has 0 aromatic carbocycles. The van der Waals surface area contributed by atoms with Crippen LogP contribution in [0.2, 0.25) is 0 Å². The van der Waals surface area contributed by atoms with Gasteiger partial charge in [0.25, 0.3) is 0 Å². The molecule has 0 radical (unpaired) electrons. The molecule has 0 spiro atoms. The summed E-state index contributed by atoms with van der Waals surface area (Å²) in [6.07, 6.45) is 3.95. The maximum Gasteiger partial charge on any atom is 0.126 e. The third kappa shape index (κ3) is 5.60. The first-order valence-corrected chi connectivity index (χ1v) is 6.22. The molecule has 0 amide bonds. The zero-order valence-electron chi connectivity index (χ0n) is 10.1. The molecule has 1 rings (SSSR count). The van der Waals surface area contributed by atoms with Crippen LogP contribution in [0.4, 0.5) is 5.82 Å². The van der Waals surface area contributed by atoms with E-state index in [9.17, 15) is 0 Å². The van der Waals surface area contributed by atoms with Gasteiger partial charge in [0.1, 0.15) is 10.8 Å². The van der Waals surface area contributed by atoms with Crippen molar-refractivity contribution in [3.63, 3.8) is 0 Å². The van der Waals surface area contributed by atoms with Crippen molar-refractivity contribution in [1.29, 1.82) is 0 Å². The van der Waals surface area contributed by atoms with Gasteiger partial charge in [-0.2, -0.15) is 0 Å². The fraction of sp³-hybridized carbons (Fsp3) is 0.500. The Hall–Kier alpha value is -1.20. The minimum atomic E-state index is 0.384. The highest BCUT2D eigenvalue weighted by atomic mass is 32.1. The first-order valence-electron chi connectivity index (χ1n) is 5.81. The van der Waals surface area contributed by atoms with Gasteiger partial charge in [-0.15, -0.1) is 0 Å². The van der Waals surface area contributed by atoms with Gasteiger partial charge in [-0.1, -0.05) is 25.6 Å². The van der Waals surface area contributed by atoms with Crippen molar-refractivity contribution in [2.75, 3.05) is 25.1 Å². The molecular formula is C12H19N3OS. The molecule has 0 unspecified atom stereocenters. The quantitative estimate of drug-likeness (QED) is 0.548. The van der Waals surface area contributed by atoms with Gasteiger partial charge in [-0.3, -0.25) is 0 Å². The SMILES string of the molecule is CCCCOCCNc1cc(C(N)=S)ccn1. The zero-order valence-corrected chi connectivity index (χ0v) is 10.9. The van der Waals surface area contributed by atoms with Gasteiger partial charge < -0.3 is 15.8 Å². The lowest BCUT2D eigenvalue weighted by Crippen LogP contribution is -2.13. The van der Waals surface area contributed by atoms with Crippen LogP contribution in [0.1, 0.15) is 25.3 Å². The third-order valence-corrected chi connectivity index (χ3v) is 2.47. The van der Waals surface area contributed by atoms with Crippen molar-refractivity contribution in [2.45, 2.75) is 19.8 Å². The van der Waals surface area contributed by atoms with Crippen LogP contribution in [0.25, 0.3) is 0 Å². The number of nitrogens with zero attached hydrogens (tertiary/aromatic N) is 1. The number of anilines is 1. The molecule has 3 N–H and O–H groups in total. The highest BCUT2D eigenvalue weighted by Gasteiger charge is 1.98. The molecule has 0 aliphatic heterocycles. The van der Waals surface area contributed by atoms with Gasteiger partial charge >= 0.3 is 0 Å². The standard InChI is InChI=1S/C12H19N3OS/c1-2-3-7-16-8-6-15-11-9-10(12(13)17)4-5-14-11/h4-5,9H,2-3,6-8H2,1H3,(H2,13,17)(H,14,15). The molecule has 0 saturated heterocycles. The Labute approximate surface area is 108 Å². The van der Waals surface area contributed by atoms with Gasteiger partial charge in [0.05, 0.1) is 6.61 Å². The Balaban J connectivity index is 2.27. The van der Waals surface area contributed by atoms with Crippen molar-refractivity contribution >= 4 is 23.0 Å². The molecule has 94 valence electrons. The normalized spacial score (nSPS) is 10.2. The summed E-state index contributed by atoms with van der Waals surface area (Å²) in [7, 11) is 0. The Morgan fingerprint density at radius 2 is 2.35 bits per heavy atom. The fourth-order valence-electron chi connectivity index (χ4n) is 1.28. The predicted octanol–water partition coefficient (Wildman–Crippen LogP) is 1.94. The van der Waals surface area contributed by atoms with Crippen molar-refractivity contribution in [2.24, 2.45) is 5.73 Å². The predicted molar refractivity (Wildman–Crippen MR) is 74.3 cm³/mol. The topological polar surface area (TPSA) is 60.2 Å². The lowest BCUT2D eigenvalue weighted by Gasteiger charge is -2.07. The molecule has 1 aromatic heterocycles. The molecule has 5 heteroatoms. The largest absolute Gasteiger partial charge is 0.389 e. The molecule has 0 bridgehead atoms. The van der Waals surface area contributed by atoms with Crippen molar-refractivity contribution in [1.82, 2.24) is 4.98 Å². The summed E-state index contributed by atoms with van der Waals surface area (Å²) in [4.78, 5) is 4.56. The number of nitrogens with one attached hydrogen (secondary N) is 1. The Morgan fingerprint density at radius 3 is 3.06 bits per heavy atom. The van der Waals surface area contributed by atoms with Crippen molar-refractivity contribution in [3.05, 3.63) is 23.9 Å². The number of hydrogen-bond donors (Lipinski definition) is 2. The minimum Gasteiger partial charge on any atom is -0.389 e.